The van der Waals surface area contributed by atoms with E-state index in [0.29, 0.717) is 24.6 Å². The molecule has 1 aliphatic rings. The molecule has 3 aromatic rings. The number of hydrogen-bond acceptors (Lipinski definition) is 4. The second kappa shape index (κ2) is 10.5. The Morgan fingerprint density at radius 2 is 1.76 bits per heavy atom. The molecule has 6 nitrogen and oxygen atoms in total. The number of fused-ring (bicyclic) bond motifs is 1. The number of carboxylic acid groups (broad SMARTS) is 1. The molecule has 4 N–H and O–H groups in total. The summed E-state index contributed by atoms with van der Waals surface area (Å²) in [4.78, 5) is 22.6. The average molecular weight is 447 g/mol. The van der Waals surface area contributed by atoms with E-state index in [1.807, 2.05) is 48.5 Å². The van der Waals surface area contributed by atoms with Gasteiger partial charge in [0.15, 0.2) is 0 Å². The number of carbonyl (C=O) groups excluding carboxylic acids is 1. The molecule has 1 amide bonds. The Labute approximate surface area is 193 Å². The van der Waals surface area contributed by atoms with Gasteiger partial charge in [-0.05, 0) is 77.4 Å². The van der Waals surface area contributed by atoms with Crippen LogP contribution in [0.4, 0.5) is 5.69 Å². The highest BCUT2D eigenvalue weighted by molar-refractivity contribution is 5.96. The van der Waals surface area contributed by atoms with Crippen LogP contribution in [0.5, 0.6) is 5.75 Å². The fourth-order valence-electron chi connectivity index (χ4n) is 4.42. The molecule has 1 aliphatic carbocycles. The first-order valence-electron chi connectivity index (χ1n) is 11.5. The van der Waals surface area contributed by atoms with Gasteiger partial charge in [-0.3, -0.25) is 9.59 Å². The number of amides is 1. The van der Waals surface area contributed by atoms with Crippen LogP contribution in [0.3, 0.4) is 0 Å². The standard InChI is InChI=1S/C27H30N2O4/c28-16-26(30)29-23-10-9-20-14-22(8-7-21(20)15-23)24-13-18(6-12-27(31)32)5-11-25(24)33-17-19-3-1-2-4-19/h5,7-11,13-15,19H,1-4,6,12,16-17,28H2,(H,29,30)(H,31,32). The minimum absolute atomic E-state index is 0.0567. The summed E-state index contributed by atoms with van der Waals surface area (Å²) in [5.74, 6) is 0.394. The maximum atomic E-state index is 11.6. The number of ether oxygens (including phenoxy) is 1. The van der Waals surface area contributed by atoms with E-state index in [9.17, 15) is 9.59 Å². The van der Waals surface area contributed by atoms with Crippen LogP contribution >= 0.6 is 0 Å². The number of nitrogens with two attached hydrogens (primary N) is 1. The Hall–Kier alpha value is -3.38. The molecule has 0 unspecified atom stereocenters. The second-order valence-electron chi connectivity index (χ2n) is 8.71. The number of aliphatic carboxylic acids is 1. The van der Waals surface area contributed by atoms with E-state index in [2.05, 4.69) is 11.4 Å². The van der Waals surface area contributed by atoms with Crippen LogP contribution in [0.15, 0.2) is 54.6 Å². The molecule has 1 saturated carbocycles. The Morgan fingerprint density at radius 3 is 2.52 bits per heavy atom. The topological polar surface area (TPSA) is 102 Å². The molecule has 0 heterocycles. The first-order valence-corrected chi connectivity index (χ1v) is 11.5. The molecule has 0 saturated heterocycles. The summed E-state index contributed by atoms with van der Waals surface area (Å²) >= 11 is 0. The summed E-state index contributed by atoms with van der Waals surface area (Å²) in [6, 6.07) is 17.9. The van der Waals surface area contributed by atoms with Gasteiger partial charge in [-0.1, -0.05) is 37.1 Å². The summed E-state index contributed by atoms with van der Waals surface area (Å²) in [7, 11) is 0. The lowest BCUT2D eigenvalue weighted by Gasteiger charge is -2.17. The lowest BCUT2D eigenvalue weighted by Crippen LogP contribution is -2.21. The average Bonchev–Trinajstić information content (AvgIpc) is 3.35. The highest BCUT2D eigenvalue weighted by atomic mass is 16.5. The van der Waals surface area contributed by atoms with Crippen molar-refractivity contribution in [2.24, 2.45) is 11.7 Å². The van der Waals surface area contributed by atoms with Gasteiger partial charge in [0.25, 0.3) is 0 Å². The van der Waals surface area contributed by atoms with Gasteiger partial charge in [0, 0.05) is 17.7 Å². The Morgan fingerprint density at radius 1 is 1.00 bits per heavy atom. The van der Waals surface area contributed by atoms with Crippen LogP contribution < -0.4 is 15.8 Å². The van der Waals surface area contributed by atoms with E-state index in [-0.39, 0.29) is 18.9 Å². The number of hydrogen-bond donors (Lipinski definition) is 3. The third kappa shape index (κ3) is 5.90. The van der Waals surface area contributed by atoms with Gasteiger partial charge in [0.05, 0.1) is 13.2 Å². The maximum Gasteiger partial charge on any atom is 0.303 e. The summed E-state index contributed by atoms with van der Waals surface area (Å²) in [5, 5.41) is 13.9. The van der Waals surface area contributed by atoms with Crippen LogP contribution in [0, 0.1) is 5.92 Å². The van der Waals surface area contributed by atoms with E-state index in [4.69, 9.17) is 15.6 Å². The largest absolute Gasteiger partial charge is 0.493 e. The van der Waals surface area contributed by atoms with Crippen molar-refractivity contribution < 1.29 is 19.4 Å². The summed E-state index contributed by atoms with van der Waals surface area (Å²) < 4.78 is 6.27. The molecule has 33 heavy (non-hydrogen) atoms. The smallest absolute Gasteiger partial charge is 0.303 e. The number of rotatable bonds is 9. The van der Waals surface area contributed by atoms with Crippen LogP contribution in [0.2, 0.25) is 0 Å². The molecule has 0 aromatic heterocycles. The van der Waals surface area contributed by atoms with Crippen molar-refractivity contribution >= 4 is 28.3 Å². The highest BCUT2D eigenvalue weighted by Crippen LogP contribution is 2.35. The number of anilines is 1. The van der Waals surface area contributed by atoms with Crippen molar-refractivity contribution in [1.29, 1.82) is 0 Å². The number of benzene rings is 3. The zero-order chi connectivity index (χ0) is 23.2. The fraction of sp³-hybridized carbons (Fsp3) is 0.333. The maximum absolute atomic E-state index is 11.6. The van der Waals surface area contributed by atoms with Gasteiger partial charge in [-0.15, -0.1) is 0 Å². The lowest BCUT2D eigenvalue weighted by molar-refractivity contribution is -0.137. The van der Waals surface area contributed by atoms with E-state index in [1.54, 1.807) is 0 Å². The third-order valence-corrected chi connectivity index (χ3v) is 6.24. The molecule has 1 fully saturated rings. The number of carbonyl (C=O) groups is 2. The van der Waals surface area contributed by atoms with Crippen molar-refractivity contribution in [3.8, 4) is 16.9 Å². The molecule has 3 aromatic carbocycles. The highest BCUT2D eigenvalue weighted by Gasteiger charge is 2.17. The lowest BCUT2D eigenvalue weighted by atomic mass is 9.97. The molecule has 0 atom stereocenters. The summed E-state index contributed by atoms with van der Waals surface area (Å²) in [5.41, 5.74) is 9.06. The van der Waals surface area contributed by atoms with Crippen LogP contribution in [0.1, 0.15) is 37.7 Å². The molecule has 0 aliphatic heterocycles. The summed E-state index contributed by atoms with van der Waals surface area (Å²) in [6.45, 7) is 0.651. The minimum atomic E-state index is -0.804. The third-order valence-electron chi connectivity index (χ3n) is 6.24. The Kier molecular flexibility index (Phi) is 7.25. The molecule has 172 valence electrons. The fourth-order valence-corrected chi connectivity index (χ4v) is 4.42. The van der Waals surface area contributed by atoms with Gasteiger partial charge in [-0.25, -0.2) is 0 Å². The van der Waals surface area contributed by atoms with Crippen molar-refractivity contribution in [3.05, 3.63) is 60.2 Å². The van der Waals surface area contributed by atoms with Gasteiger partial charge >= 0.3 is 5.97 Å². The first kappa shape index (κ1) is 22.8. The van der Waals surface area contributed by atoms with E-state index in [0.717, 1.165) is 33.2 Å². The summed E-state index contributed by atoms with van der Waals surface area (Å²) in [6.07, 6.45) is 5.54. The van der Waals surface area contributed by atoms with Crippen molar-refractivity contribution in [2.45, 2.75) is 38.5 Å². The quantitative estimate of drug-likeness (QED) is 0.430. The van der Waals surface area contributed by atoms with E-state index in [1.165, 1.54) is 25.7 Å². The van der Waals surface area contributed by atoms with Gasteiger partial charge < -0.3 is 20.9 Å². The predicted octanol–water partition coefficient (Wildman–Crippen LogP) is 4.99. The van der Waals surface area contributed by atoms with Gasteiger partial charge in [-0.2, -0.15) is 0 Å². The number of aryl methyl sites for hydroxylation is 1. The van der Waals surface area contributed by atoms with Crippen molar-refractivity contribution in [1.82, 2.24) is 0 Å². The number of carboxylic acids is 1. The van der Waals surface area contributed by atoms with Gasteiger partial charge in [0.1, 0.15) is 5.75 Å². The second-order valence-corrected chi connectivity index (χ2v) is 8.71. The van der Waals surface area contributed by atoms with Crippen molar-refractivity contribution in [3.63, 3.8) is 0 Å². The molecule has 0 radical (unpaired) electrons. The van der Waals surface area contributed by atoms with Crippen LogP contribution in [-0.4, -0.2) is 30.1 Å². The number of nitrogens with one attached hydrogen (secondary N) is 1. The van der Waals surface area contributed by atoms with E-state index >= 15 is 0 Å². The molecular formula is C27H30N2O4. The molecule has 0 spiro atoms. The molecule has 4 rings (SSSR count). The molecule has 6 heteroatoms. The molecule has 0 bridgehead atoms. The predicted molar refractivity (Wildman–Crippen MR) is 130 cm³/mol. The normalized spacial score (nSPS) is 13.8. The van der Waals surface area contributed by atoms with Crippen LogP contribution in [0.25, 0.3) is 21.9 Å². The zero-order valence-corrected chi connectivity index (χ0v) is 18.7. The molecular weight excluding hydrogens is 416 g/mol. The minimum Gasteiger partial charge on any atom is -0.493 e. The first-order chi connectivity index (χ1) is 16.0. The Balaban J connectivity index is 1.64. The van der Waals surface area contributed by atoms with Crippen LogP contribution in [-0.2, 0) is 16.0 Å². The monoisotopic (exact) mass is 446 g/mol. The van der Waals surface area contributed by atoms with E-state index < -0.39 is 5.97 Å². The SMILES string of the molecule is NCC(=O)Nc1ccc2cc(-c3cc(CCC(=O)O)ccc3OCC3CCCC3)ccc2c1. The Bertz CT molecular complexity index is 1150. The van der Waals surface area contributed by atoms with Crippen molar-refractivity contribution in [2.75, 3.05) is 18.5 Å². The zero-order valence-electron chi connectivity index (χ0n) is 18.7. The van der Waals surface area contributed by atoms with Gasteiger partial charge in [0.2, 0.25) is 5.91 Å².